The maximum absolute atomic E-state index is 14.5. The van der Waals surface area contributed by atoms with Crippen molar-refractivity contribution in [2.45, 2.75) is 13.8 Å². The lowest BCUT2D eigenvalue weighted by molar-refractivity contribution is 0.0994. The van der Waals surface area contributed by atoms with Gasteiger partial charge in [0.05, 0.1) is 22.7 Å². The number of anilines is 1. The van der Waals surface area contributed by atoms with Gasteiger partial charge in [-0.15, -0.1) is 0 Å². The van der Waals surface area contributed by atoms with E-state index in [9.17, 15) is 9.18 Å². The van der Waals surface area contributed by atoms with E-state index in [2.05, 4.69) is 42.6 Å². The Labute approximate surface area is 169 Å². The molecule has 0 saturated carbocycles. The third-order valence-electron chi connectivity index (χ3n) is 4.08. The van der Waals surface area contributed by atoms with E-state index >= 15 is 0 Å². The molecule has 1 N–H and O–H groups in total. The summed E-state index contributed by atoms with van der Waals surface area (Å²) < 4.78 is 21.4. The number of rotatable bonds is 4. The third kappa shape index (κ3) is 3.66. The largest absolute Gasteiger partial charge is 0.436 e. The van der Waals surface area contributed by atoms with Crippen molar-refractivity contribution < 1.29 is 13.6 Å². The van der Waals surface area contributed by atoms with Crippen LogP contribution in [0.25, 0.3) is 17.0 Å². The molecule has 3 heterocycles. The molecule has 1 aromatic carbocycles. The molecule has 4 rings (SSSR count). The summed E-state index contributed by atoms with van der Waals surface area (Å²) in [5.74, 6) is -0.0981. The van der Waals surface area contributed by atoms with E-state index in [0.717, 1.165) is 0 Å². The second kappa shape index (κ2) is 7.34. The van der Waals surface area contributed by atoms with Crippen LogP contribution in [0.3, 0.4) is 0 Å². The first-order valence-corrected chi connectivity index (χ1v) is 8.83. The van der Waals surface area contributed by atoms with Crippen molar-refractivity contribution in [1.82, 2.24) is 19.4 Å². The number of imidazole rings is 1. The van der Waals surface area contributed by atoms with E-state index in [4.69, 9.17) is 4.42 Å². The van der Waals surface area contributed by atoms with E-state index in [0.29, 0.717) is 34.4 Å². The monoisotopic (exact) mass is 408 g/mol. The van der Waals surface area contributed by atoms with Crippen LogP contribution in [0.2, 0.25) is 0 Å². The lowest BCUT2D eigenvalue weighted by Crippen LogP contribution is -2.12. The Kier molecular flexibility index (Phi) is 4.71. The summed E-state index contributed by atoms with van der Waals surface area (Å²) in [6, 6.07) is 4.20. The van der Waals surface area contributed by atoms with Gasteiger partial charge in [-0.25, -0.2) is 19.3 Å². The molecule has 10 heteroatoms. The number of benzene rings is 1. The van der Waals surface area contributed by atoms with Gasteiger partial charge in [-0.2, -0.15) is 4.99 Å². The highest BCUT2D eigenvalue weighted by Gasteiger charge is 2.17. The number of carbonyl (C=O) groups excluding carboxylic acids is 1. The van der Waals surface area contributed by atoms with Crippen molar-refractivity contribution in [1.29, 1.82) is 0 Å². The van der Waals surface area contributed by atoms with Crippen molar-refractivity contribution in [2.24, 2.45) is 4.99 Å². The van der Waals surface area contributed by atoms with Gasteiger partial charge in [0.25, 0.3) is 5.91 Å². The zero-order chi connectivity index (χ0) is 20.5. The third-order valence-corrected chi connectivity index (χ3v) is 4.17. The Bertz CT molecular complexity index is 1310. The highest BCUT2D eigenvalue weighted by Crippen LogP contribution is 2.26. The number of nitrogens with zero attached hydrogens (tertiary/aromatic N) is 5. The SMILES string of the molecule is Cc1nc(C)c(C(=O)Nc2ccc(F)c(-c3cn4cc(N=C=S)cnc4n3)c2)o1. The predicted octanol–water partition coefficient (Wildman–Crippen LogP) is 4.13. The van der Waals surface area contributed by atoms with E-state index < -0.39 is 11.7 Å². The van der Waals surface area contributed by atoms with E-state index in [-0.39, 0.29) is 11.3 Å². The smallest absolute Gasteiger partial charge is 0.293 e. The molecule has 0 spiro atoms. The molecule has 0 aliphatic heterocycles. The molecule has 1 amide bonds. The molecule has 29 heavy (non-hydrogen) atoms. The van der Waals surface area contributed by atoms with Crippen molar-refractivity contribution in [3.05, 3.63) is 60.0 Å². The first-order chi connectivity index (χ1) is 13.9. The summed E-state index contributed by atoms with van der Waals surface area (Å²) in [5.41, 5.74) is 1.91. The minimum Gasteiger partial charge on any atom is -0.436 e. The number of thiocarbonyl (C=S) groups is 1. The summed E-state index contributed by atoms with van der Waals surface area (Å²) in [4.78, 5) is 28.8. The fourth-order valence-corrected chi connectivity index (χ4v) is 2.95. The van der Waals surface area contributed by atoms with Crippen LogP contribution >= 0.6 is 12.2 Å². The minimum absolute atomic E-state index is 0.108. The number of oxazole rings is 1. The zero-order valence-corrected chi connectivity index (χ0v) is 16.1. The number of aliphatic imine (C=N–C) groups is 1. The molecule has 3 aromatic heterocycles. The average molecular weight is 408 g/mol. The molecule has 0 radical (unpaired) electrons. The molecule has 0 saturated heterocycles. The van der Waals surface area contributed by atoms with Gasteiger partial charge in [0.15, 0.2) is 5.89 Å². The van der Waals surface area contributed by atoms with Crippen molar-refractivity contribution in [2.75, 3.05) is 5.32 Å². The summed E-state index contributed by atoms with van der Waals surface area (Å²) in [6.45, 7) is 3.33. The second-order valence-corrected chi connectivity index (χ2v) is 6.33. The minimum atomic E-state index is -0.491. The van der Waals surface area contributed by atoms with E-state index in [1.165, 1.54) is 24.4 Å². The molecular formula is C19H13FN6O2S. The van der Waals surface area contributed by atoms with Crippen LogP contribution in [0, 0.1) is 19.7 Å². The van der Waals surface area contributed by atoms with Crippen LogP contribution < -0.4 is 5.32 Å². The quantitative estimate of drug-likeness (QED) is 0.403. The van der Waals surface area contributed by atoms with Gasteiger partial charge in [0.2, 0.25) is 11.5 Å². The summed E-state index contributed by atoms with van der Waals surface area (Å²) in [5, 5.41) is 4.95. The Balaban J connectivity index is 1.68. The molecule has 0 aliphatic carbocycles. The molecule has 8 nitrogen and oxygen atoms in total. The molecule has 0 unspecified atom stereocenters. The molecule has 144 valence electrons. The fourth-order valence-electron chi connectivity index (χ4n) is 2.84. The molecular weight excluding hydrogens is 395 g/mol. The lowest BCUT2D eigenvalue weighted by Gasteiger charge is -2.06. The molecule has 0 fully saturated rings. The number of isothiocyanates is 1. The number of hydrogen-bond donors (Lipinski definition) is 1. The average Bonchev–Trinajstić information content (AvgIpc) is 3.25. The van der Waals surface area contributed by atoms with Gasteiger partial charge in [-0.05, 0) is 37.3 Å². The Morgan fingerprint density at radius 1 is 1.31 bits per heavy atom. The van der Waals surface area contributed by atoms with Crippen molar-refractivity contribution in [3.8, 4) is 11.3 Å². The summed E-state index contributed by atoms with van der Waals surface area (Å²) in [7, 11) is 0. The Morgan fingerprint density at radius 3 is 2.86 bits per heavy atom. The number of hydrogen-bond acceptors (Lipinski definition) is 7. The van der Waals surface area contributed by atoms with E-state index in [1.807, 2.05) is 0 Å². The zero-order valence-electron chi connectivity index (χ0n) is 15.3. The van der Waals surface area contributed by atoms with Gasteiger partial charge in [0.1, 0.15) is 11.5 Å². The highest BCUT2D eigenvalue weighted by molar-refractivity contribution is 7.78. The van der Waals surface area contributed by atoms with E-state index in [1.54, 1.807) is 30.6 Å². The van der Waals surface area contributed by atoms with Crippen LogP contribution in [-0.2, 0) is 0 Å². The highest BCUT2D eigenvalue weighted by atomic mass is 32.1. The number of aromatic nitrogens is 4. The molecule has 0 bridgehead atoms. The van der Waals surface area contributed by atoms with Crippen molar-refractivity contribution >= 4 is 40.4 Å². The first-order valence-electron chi connectivity index (χ1n) is 8.42. The predicted molar refractivity (Wildman–Crippen MR) is 107 cm³/mol. The fraction of sp³-hybridized carbons (Fsp3) is 0.105. The van der Waals surface area contributed by atoms with Gasteiger partial charge in [-0.1, -0.05) is 0 Å². The number of aryl methyl sites for hydroxylation is 2. The summed E-state index contributed by atoms with van der Waals surface area (Å²) in [6.07, 6.45) is 4.75. The maximum Gasteiger partial charge on any atom is 0.293 e. The standard InChI is InChI=1S/C19H13FN6O2S/c1-10-17(28-11(2)23-10)18(27)24-12-3-4-15(20)14(5-12)16-8-26-7-13(22-9-29)6-21-19(26)25-16/h3-8H,1-2H3,(H,24,27). The number of halogens is 1. The van der Waals surface area contributed by atoms with Crippen LogP contribution in [0.5, 0.6) is 0 Å². The first kappa shape index (κ1) is 18.6. The van der Waals surface area contributed by atoms with Gasteiger partial charge < -0.3 is 9.73 Å². The Morgan fingerprint density at radius 2 is 2.14 bits per heavy atom. The molecule has 0 atom stereocenters. The Hall–Kier alpha value is -3.75. The topological polar surface area (TPSA) is 97.7 Å². The van der Waals surface area contributed by atoms with Crippen LogP contribution in [-0.4, -0.2) is 30.4 Å². The van der Waals surface area contributed by atoms with Crippen molar-refractivity contribution in [3.63, 3.8) is 0 Å². The lowest BCUT2D eigenvalue weighted by atomic mass is 10.1. The van der Waals surface area contributed by atoms with Gasteiger partial charge >= 0.3 is 0 Å². The maximum atomic E-state index is 14.5. The molecule has 0 aliphatic rings. The number of amides is 1. The van der Waals surface area contributed by atoms with Crippen LogP contribution in [0.1, 0.15) is 22.1 Å². The van der Waals surface area contributed by atoms with Gasteiger partial charge in [-0.3, -0.25) is 9.20 Å². The molecule has 4 aromatic rings. The van der Waals surface area contributed by atoms with Gasteiger partial charge in [0, 0.05) is 30.6 Å². The second-order valence-electron chi connectivity index (χ2n) is 6.14. The van der Waals surface area contributed by atoms with Crippen LogP contribution in [0.4, 0.5) is 15.8 Å². The van der Waals surface area contributed by atoms with Crippen LogP contribution in [0.15, 0.2) is 46.2 Å². The number of fused-ring (bicyclic) bond motifs is 1. The summed E-state index contributed by atoms with van der Waals surface area (Å²) >= 11 is 4.58. The normalized spacial score (nSPS) is 10.7. The number of nitrogens with one attached hydrogen (secondary N) is 1. The number of carbonyl (C=O) groups is 1.